The fourth-order valence-corrected chi connectivity index (χ4v) is 2.26. The van der Waals surface area contributed by atoms with Crippen molar-refractivity contribution < 1.29 is 27.5 Å². The number of halogens is 3. The van der Waals surface area contributed by atoms with Crippen molar-refractivity contribution in [3.8, 4) is 5.75 Å². The monoisotopic (exact) mass is 395 g/mol. The van der Waals surface area contributed by atoms with Gasteiger partial charge in [-0.05, 0) is 29.7 Å². The number of carbonyl (C=O) groups is 2. The average molecular weight is 395 g/mol. The molecule has 6 nitrogen and oxygen atoms in total. The minimum atomic E-state index is -4.73. The third kappa shape index (κ3) is 8.43. The predicted octanol–water partition coefficient (Wildman–Crippen LogP) is 2.74. The Morgan fingerprint density at radius 1 is 0.857 bits per heavy atom. The van der Waals surface area contributed by atoms with Gasteiger partial charge in [-0.15, -0.1) is 13.2 Å². The van der Waals surface area contributed by atoms with E-state index in [2.05, 4.69) is 20.7 Å². The molecule has 3 N–H and O–H groups in total. The van der Waals surface area contributed by atoms with Gasteiger partial charge in [0.25, 0.3) is 0 Å². The molecule has 0 atom stereocenters. The molecule has 0 spiro atoms. The third-order valence-electron chi connectivity index (χ3n) is 3.60. The standard InChI is InChI=1S/C19H20F3N3O3/c20-19(21,22)28-16-8-6-14(7-9-16)10-11-23-18(27)25-13-17(26)24-12-15-4-2-1-3-5-15/h1-9H,10-13H2,(H,24,26)(H2,23,25,27). The van der Waals surface area contributed by atoms with E-state index >= 15 is 0 Å². The summed E-state index contributed by atoms with van der Waals surface area (Å²) in [6.07, 6.45) is -4.31. The van der Waals surface area contributed by atoms with E-state index < -0.39 is 12.4 Å². The molecule has 2 rings (SSSR count). The molecule has 0 aliphatic carbocycles. The number of urea groups is 1. The minimum Gasteiger partial charge on any atom is -0.406 e. The van der Waals surface area contributed by atoms with Gasteiger partial charge >= 0.3 is 12.4 Å². The summed E-state index contributed by atoms with van der Waals surface area (Å²) in [5.41, 5.74) is 1.68. The molecular weight excluding hydrogens is 375 g/mol. The molecule has 0 saturated carbocycles. The van der Waals surface area contributed by atoms with Crippen molar-refractivity contribution in [2.24, 2.45) is 0 Å². The highest BCUT2D eigenvalue weighted by molar-refractivity contribution is 5.83. The summed E-state index contributed by atoms with van der Waals surface area (Å²) in [5, 5.41) is 7.69. The number of nitrogens with one attached hydrogen (secondary N) is 3. The van der Waals surface area contributed by atoms with Gasteiger partial charge in [0.15, 0.2) is 0 Å². The molecule has 2 aromatic carbocycles. The second-order valence-electron chi connectivity index (χ2n) is 5.81. The molecule has 150 valence electrons. The largest absolute Gasteiger partial charge is 0.573 e. The maximum Gasteiger partial charge on any atom is 0.573 e. The van der Waals surface area contributed by atoms with Crippen LogP contribution in [0.25, 0.3) is 0 Å². The molecule has 0 fully saturated rings. The van der Waals surface area contributed by atoms with E-state index in [4.69, 9.17) is 0 Å². The third-order valence-corrected chi connectivity index (χ3v) is 3.60. The number of alkyl halides is 3. The number of carbonyl (C=O) groups excluding carboxylic acids is 2. The van der Waals surface area contributed by atoms with Crippen LogP contribution in [0.15, 0.2) is 54.6 Å². The van der Waals surface area contributed by atoms with Crippen LogP contribution in [0.4, 0.5) is 18.0 Å². The molecule has 0 heterocycles. The van der Waals surface area contributed by atoms with E-state index in [1.165, 1.54) is 24.3 Å². The van der Waals surface area contributed by atoms with Gasteiger partial charge in [-0.2, -0.15) is 0 Å². The van der Waals surface area contributed by atoms with Crippen molar-refractivity contribution in [1.82, 2.24) is 16.0 Å². The summed E-state index contributed by atoms with van der Waals surface area (Å²) in [7, 11) is 0. The van der Waals surface area contributed by atoms with Gasteiger partial charge in [0.1, 0.15) is 5.75 Å². The SMILES string of the molecule is O=C(CNC(=O)NCCc1ccc(OC(F)(F)F)cc1)NCc1ccccc1. The molecule has 2 aromatic rings. The van der Waals surface area contributed by atoms with Gasteiger partial charge in [-0.25, -0.2) is 4.79 Å². The topological polar surface area (TPSA) is 79.5 Å². The predicted molar refractivity (Wildman–Crippen MR) is 96.5 cm³/mol. The van der Waals surface area contributed by atoms with Crippen LogP contribution in [-0.2, 0) is 17.8 Å². The van der Waals surface area contributed by atoms with E-state index in [0.717, 1.165) is 11.1 Å². The molecule has 3 amide bonds. The summed E-state index contributed by atoms with van der Waals surface area (Å²) < 4.78 is 40.1. The number of benzene rings is 2. The van der Waals surface area contributed by atoms with Crippen molar-refractivity contribution in [3.05, 3.63) is 65.7 Å². The Labute approximate surface area is 160 Å². The van der Waals surface area contributed by atoms with Crippen LogP contribution in [0.2, 0.25) is 0 Å². The van der Waals surface area contributed by atoms with Crippen LogP contribution in [0.1, 0.15) is 11.1 Å². The molecule has 0 radical (unpaired) electrons. The van der Waals surface area contributed by atoms with Crippen LogP contribution in [0.5, 0.6) is 5.75 Å². The summed E-state index contributed by atoms with van der Waals surface area (Å²) >= 11 is 0. The lowest BCUT2D eigenvalue weighted by molar-refractivity contribution is -0.274. The zero-order valence-corrected chi connectivity index (χ0v) is 14.9. The number of hydrogen-bond donors (Lipinski definition) is 3. The van der Waals surface area contributed by atoms with Crippen molar-refractivity contribution in [1.29, 1.82) is 0 Å². The summed E-state index contributed by atoms with van der Waals surface area (Å²) in [6.45, 7) is 0.468. The van der Waals surface area contributed by atoms with Crippen LogP contribution in [-0.4, -0.2) is 31.4 Å². The van der Waals surface area contributed by atoms with Crippen molar-refractivity contribution in [3.63, 3.8) is 0 Å². The number of rotatable bonds is 8. The first-order chi connectivity index (χ1) is 13.3. The number of ether oxygens (including phenoxy) is 1. The van der Waals surface area contributed by atoms with Gasteiger partial charge < -0.3 is 20.7 Å². The minimum absolute atomic E-state index is 0.165. The first-order valence-electron chi connectivity index (χ1n) is 8.49. The van der Waals surface area contributed by atoms with Gasteiger partial charge in [0.05, 0.1) is 6.54 Å². The maximum absolute atomic E-state index is 12.1. The summed E-state index contributed by atoms with van der Waals surface area (Å²) in [5.74, 6) is -0.622. The van der Waals surface area contributed by atoms with Crippen molar-refractivity contribution >= 4 is 11.9 Å². The van der Waals surface area contributed by atoms with Gasteiger partial charge in [-0.3, -0.25) is 4.79 Å². The molecule has 0 bridgehead atoms. The Morgan fingerprint density at radius 3 is 2.18 bits per heavy atom. The van der Waals surface area contributed by atoms with Crippen LogP contribution < -0.4 is 20.7 Å². The molecular formula is C19H20F3N3O3. The summed E-state index contributed by atoms with van der Waals surface area (Å²) in [4.78, 5) is 23.4. The van der Waals surface area contributed by atoms with Crippen LogP contribution in [0, 0.1) is 0 Å². The van der Waals surface area contributed by atoms with Crippen LogP contribution in [0.3, 0.4) is 0 Å². The van der Waals surface area contributed by atoms with Gasteiger partial charge in [0, 0.05) is 13.1 Å². The fraction of sp³-hybridized carbons (Fsp3) is 0.263. The van der Waals surface area contributed by atoms with E-state index in [1.54, 1.807) is 0 Å². The Bertz CT molecular complexity index is 765. The van der Waals surface area contributed by atoms with E-state index in [-0.39, 0.29) is 24.7 Å². The van der Waals surface area contributed by atoms with Crippen molar-refractivity contribution in [2.75, 3.05) is 13.1 Å². The first-order valence-corrected chi connectivity index (χ1v) is 8.49. The van der Waals surface area contributed by atoms with Crippen molar-refractivity contribution in [2.45, 2.75) is 19.3 Å². The van der Waals surface area contributed by atoms with E-state index in [0.29, 0.717) is 13.0 Å². The molecule has 0 aliphatic heterocycles. The number of amides is 3. The Hall–Kier alpha value is -3.23. The van der Waals surface area contributed by atoms with E-state index in [1.807, 2.05) is 30.3 Å². The van der Waals surface area contributed by atoms with Crippen LogP contribution >= 0.6 is 0 Å². The highest BCUT2D eigenvalue weighted by Gasteiger charge is 2.30. The van der Waals surface area contributed by atoms with E-state index in [9.17, 15) is 22.8 Å². The molecule has 9 heteroatoms. The Morgan fingerprint density at radius 2 is 1.54 bits per heavy atom. The zero-order chi connectivity index (χ0) is 20.4. The molecule has 28 heavy (non-hydrogen) atoms. The fourth-order valence-electron chi connectivity index (χ4n) is 2.26. The first kappa shape index (κ1) is 21.1. The van der Waals surface area contributed by atoms with Gasteiger partial charge in [-0.1, -0.05) is 42.5 Å². The average Bonchev–Trinajstić information content (AvgIpc) is 2.66. The molecule has 0 saturated heterocycles. The lowest BCUT2D eigenvalue weighted by Crippen LogP contribution is -2.42. The maximum atomic E-state index is 12.1. The smallest absolute Gasteiger partial charge is 0.406 e. The zero-order valence-electron chi connectivity index (χ0n) is 14.9. The van der Waals surface area contributed by atoms with Gasteiger partial charge in [0.2, 0.25) is 5.91 Å². The normalized spacial score (nSPS) is 10.8. The quantitative estimate of drug-likeness (QED) is 0.643. The lowest BCUT2D eigenvalue weighted by atomic mass is 10.1. The Kier molecular flexibility index (Phi) is 7.67. The number of hydrogen-bond acceptors (Lipinski definition) is 3. The molecule has 0 aliphatic rings. The molecule has 0 unspecified atom stereocenters. The second-order valence-corrected chi connectivity index (χ2v) is 5.81. The lowest BCUT2D eigenvalue weighted by Gasteiger charge is -2.10. The Balaban J connectivity index is 1.61. The summed E-state index contributed by atoms with van der Waals surface area (Å²) in [6, 6.07) is 14.2. The highest BCUT2D eigenvalue weighted by Crippen LogP contribution is 2.22. The molecule has 0 aromatic heterocycles. The second kappa shape index (κ2) is 10.2. The highest BCUT2D eigenvalue weighted by atomic mass is 19.4.